The van der Waals surface area contributed by atoms with E-state index in [-0.39, 0.29) is 32.4 Å². The molecule has 48 heavy (non-hydrogen) atoms. The van der Waals surface area contributed by atoms with Crippen LogP contribution in [-0.4, -0.2) is 78.3 Å². The number of rotatable bonds is 5. The van der Waals surface area contributed by atoms with Crippen LogP contribution < -0.4 is 5.46 Å². The lowest BCUT2D eigenvalue weighted by Crippen LogP contribution is -2.41. The van der Waals surface area contributed by atoms with Crippen molar-refractivity contribution in [3.63, 3.8) is 0 Å². The van der Waals surface area contributed by atoms with E-state index in [1.807, 2.05) is 25.8 Å². The van der Waals surface area contributed by atoms with Crippen LogP contribution in [0.4, 0.5) is 0 Å². The van der Waals surface area contributed by atoms with Gasteiger partial charge in [-0.05, 0) is 154 Å². The van der Waals surface area contributed by atoms with Crippen molar-refractivity contribution in [1.82, 2.24) is 9.62 Å². The predicted molar refractivity (Wildman–Crippen MR) is 219 cm³/mol. The van der Waals surface area contributed by atoms with E-state index in [1.165, 1.54) is 25.8 Å². The SMILES string of the molecule is Brc1ccc(I)cc1.CB(O)N1CC=C(c2ccc(B3OC(C)(C)C(C)(C)O3)cc2)CC1.CB(O)N1CC=C(c2ccc(Br)cc2)CC1. The third-order valence-corrected chi connectivity index (χ3v) is 11.1. The van der Waals surface area contributed by atoms with Crippen molar-refractivity contribution < 1.29 is 19.4 Å². The first-order valence-electron chi connectivity index (χ1n) is 16.5. The van der Waals surface area contributed by atoms with Gasteiger partial charge in [0, 0.05) is 25.6 Å². The molecule has 0 spiro atoms. The normalized spacial score (nSPS) is 18.9. The van der Waals surface area contributed by atoms with E-state index in [4.69, 9.17) is 9.31 Å². The summed E-state index contributed by atoms with van der Waals surface area (Å²) in [4.78, 5) is 4.12. The molecule has 1 fully saturated rings. The Labute approximate surface area is 319 Å². The third-order valence-electron chi connectivity index (χ3n) is 9.36. The molecule has 6 rings (SSSR count). The van der Waals surface area contributed by atoms with E-state index in [0.717, 1.165) is 53.4 Å². The minimum atomic E-state index is -0.381. The lowest BCUT2D eigenvalue weighted by Gasteiger charge is -2.32. The Hall–Kier alpha value is -1.22. The highest BCUT2D eigenvalue weighted by Crippen LogP contribution is 2.36. The molecule has 3 aliphatic rings. The van der Waals surface area contributed by atoms with Crippen molar-refractivity contribution in [3.05, 3.63) is 109 Å². The van der Waals surface area contributed by atoms with Gasteiger partial charge in [-0.25, -0.2) is 0 Å². The molecule has 3 heterocycles. The Morgan fingerprint density at radius 2 is 1.04 bits per heavy atom. The van der Waals surface area contributed by atoms with Crippen LogP contribution in [0.2, 0.25) is 13.6 Å². The van der Waals surface area contributed by atoms with Crippen LogP contribution in [0.1, 0.15) is 51.7 Å². The molecule has 6 nitrogen and oxygen atoms in total. The zero-order valence-electron chi connectivity index (χ0n) is 28.8. The van der Waals surface area contributed by atoms with Gasteiger partial charge in [0.05, 0.1) is 11.2 Å². The van der Waals surface area contributed by atoms with Gasteiger partial charge in [-0.1, -0.05) is 80.4 Å². The molecule has 0 bridgehead atoms. The van der Waals surface area contributed by atoms with Gasteiger partial charge in [-0.3, -0.25) is 0 Å². The van der Waals surface area contributed by atoms with E-state index in [0.29, 0.717) is 0 Å². The average molecular weight is 890 g/mol. The standard InChI is InChI=1S/C18H27B2NO3.C12H15BBrNO.C6H4BrI/c1-17(2)18(3,4)24-20(23-17)16-8-6-14(7-9-16)15-10-12-21(13-11-15)19(5)22;1-13(16)15-8-6-11(7-9-15)10-2-4-12(14)5-3-10;7-5-1-3-6(8)4-2-5/h6-10,22H,11-13H2,1-5H3;2-6,16H,7-9H2,1H3;1-4H. The van der Waals surface area contributed by atoms with Gasteiger partial charge in [0.25, 0.3) is 0 Å². The summed E-state index contributed by atoms with van der Waals surface area (Å²) >= 11 is 9.06. The number of hydrogen-bond donors (Lipinski definition) is 2. The second-order valence-corrected chi connectivity index (χ2v) is 16.4. The smallest absolute Gasteiger partial charge is 0.437 e. The first-order chi connectivity index (χ1) is 22.6. The van der Waals surface area contributed by atoms with Gasteiger partial charge in [-0.2, -0.15) is 0 Å². The Kier molecular flexibility index (Phi) is 14.7. The second kappa shape index (κ2) is 17.8. The Bertz CT molecular complexity index is 1500. The van der Waals surface area contributed by atoms with Gasteiger partial charge in [-0.15, -0.1) is 0 Å². The molecule has 1 saturated heterocycles. The van der Waals surface area contributed by atoms with Crippen molar-refractivity contribution in [2.24, 2.45) is 0 Å². The predicted octanol–water partition coefficient (Wildman–Crippen LogP) is 7.89. The minimum absolute atomic E-state index is 0.310. The molecule has 0 radical (unpaired) electrons. The van der Waals surface area contributed by atoms with Gasteiger partial charge < -0.3 is 29.0 Å². The van der Waals surface area contributed by atoms with Crippen molar-refractivity contribution in [2.75, 3.05) is 26.2 Å². The fraction of sp³-hybridized carbons (Fsp3) is 0.389. The number of benzene rings is 3. The maximum Gasteiger partial charge on any atom is 0.494 e. The van der Waals surface area contributed by atoms with E-state index < -0.39 is 0 Å². The molecular formula is C36H46B3Br2IN2O4. The molecule has 0 amide bonds. The lowest BCUT2D eigenvalue weighted by molar-refractivity contribution is 0.00578. The maximum atomic E-state index is 9.65. The van der Waals surface area contributed by atoms with E-state index in [9.17, 15) is 10.0 Å². The highest BCUT2D eigenvalue weighted by Gasteiger charge is 2.51. The highest BCUT2D eigenvalue weighted by molar-refractivity contribution is 14.1. The van der Waals surface area contributed by atoms with Gasteiger partial charge >= 0.3 is 21.2 Å². The summed E-state index contributed by atoms with van der Waals surface area (Å²) in [6.45, 7) is 15.4. The van der Waals surface area contributed by atoms with E-state index in [2.05, 4.69) is 165 Å². The lowest BCUT2D eigenvalue weighted by atomic mass is 9.78. The minimum Gasteiger partial charge on any atom is -0.437 e. The van der Waals surface area contributed by atoms with Gasteiger partial charge in [0.2, 0.25) is 0 Å². The summed E-state index contributed by atoms with van der Waals surface area (Å²) < 4.78 is 15.7. The number of halogens is 3. The van der Waals surface area contributed by atoms with Crippen LogP contribution in [0, 0.1) is 3.57 Å². The highest BCUT2D eigenvalue weighted by atomic mass is 127. The zero-order valence-corrected chi connectivity index (χ0v) is 34.1. The molecule has 0 atom stereocenters. The monoisotopic (exact) mass is 888 g/mol. The first-order valence-corrected chi connectivity index (χ1v) is 19.2. The zero-order chi connectivity index (χ0) is 35.1. The molecule has 0 aliphatic carbocycles. The molecule has 3 aromatic carbocycles. The van der Waals surface area contributed by atoms with E-state index >= 15 is 0 Å². The molecule has 0 unspecified atom stereocenters. The maximum absolute atomic E-state index is 9.65. The van der Waals surface area contributed by atoms with Crippen LogP contribution >= 0.6 is 54.5 Å². The van der Waals surface area contributed by atoms with Crippen molar-refractivity contribution >= 4 is 92.3 Å². The molecule has 2 N–H and O–H groups in total. The Balaban J connectivity index is 0.000000185. The summed E-state index contributed by atoms with van der Waals surface area (Å²) in [6.07, 6.45) is 6.38. The molecule has 0 aromatic heterocycles. The molecule has 12 heteroatoms. The Morgan fingerprint density at radius 3 is 1.38 bits per heavy atom. The topological polar surface area (TPSA) is 65.4 Å². The molecule has 254 valence electrons. The largest absolute Gasteiger partial charge is 0.494 e. The average Bonchev–Trinajstić information content (AvgIpc) is 3.29. The number of nitrogens with zero attached hydrogens (tertiary/aromatic N) is 2. The second-order valence-electron chi connectivity index (χ2n) is 13.4. The summed E-state index contributed by atoms with van der Waals surface area (Å²) in [5.74, 6) is 0. The summed E-state index contributed by atoms with van der Waals surface area (Å²) in [6, 6.07) is 25.1. The fourth-order valence-corrected chi connectivity index (χ4v) is 6.39. The third kappa shape index (κ3) is 11.1. The molecule has 0 saturated carbocycles. The Morgan fingerprint density at radius 1 is 0.667 bits per heavy atom. The molecule has 3 aliphatic heterocycles. The quantitative estimate of drug-likeness (QED) is 0.201. The van der Waals surface area contributed by atoms with E-state index in [1.54, 1.807) is 0 Å². The van der Waals surface area contributed by atoms with Crippen LogP contribution in [0.5, 0.6) is 0 Å². The van der Waals surface area contributed by atoms with Crippen LogP contribution in [0.25, 0.3) is 11.1 Å². The van der Waals surface area contributed by atoms with Crippen LogP contribution in [0.3, 0.4) is 0 Å². The summed E-state index contributed by atoms with van der Waals surface area (Å²) in [5.41, 5.74) is 5.67. The van der Waals surface area contributed by atoms with Crippen LogP contribution in [0.15, 0.2) is 93.9 Å². The van der Waals surface area contributed by atoms with Crippen molar-refractivity contribution in [3.8, 4) is 0 Å². The van der Waals surface area contributed by atoms with Crippen molar-refractivity contribution in [2.45, 2.75) is 65.4 Å². The fourth-order valence-electron chi connectivity index (χ4n) is 5.50. The summed E-state index contributed by atoms with van der Waals surface area (Å²) in [7, 11) is -1.04. The van der Waals surface area contributed by atoms with Gasteiger partial charge in [0.15, 0.2) is 0 Å². The first kappa shape index (κ1) is 39.6. The van der Waals surface area contributed by atoms with Crippen molar-refractivity contribution in [1.29, 1.82) is 0 Å². The van der Waals surface area contributed by atoms with Gasteiger partial charge in [0.1, 0.15) is 0 Å². The molecule has 3 aromatic rings. The van der Waals surface area contributed by atoms with Crippen LogP contribution in [-0.2, 0) is 9.31 Å². The number of hydrogen-bond acceptors (Lipinski definition) is 6. The summed E-state index contributed by atoms with van der Waals surface area (Å²) in [5, 5.41) is 19.1. The molecular weight excluding hydrogens is 844 g/mol.